The number of fused-ring (bicyclic) bond motifs is 1. The Kier molecular flexibility index (Phi) is 3.57. The highest BCUT2D eigenvalue weighted by Crippen LogP contribution is 2.37. The molecule has 3 aromatic carbocycles. The van der Waals surface area contributed by atoms with Crippen LogP contribution in [-0.2, 0) is 0 Å². The van der Waals surface area contributed by atoms with E-state index in [1.165, 1.54) is 0 Å². The van der Waals surface area contributed by atoms with Crippen LogP contribution in [0.5, 0.6) is 0 Å². The Balaban J connectivity index is 1.91. The van der Waals surface area contributed by atoms with Gasteiger partial charge in [0.25, 0.3) is 0 Å². The summed E-state index contributed by atoms with van der Waals surface area (Å²) in [6.45, 7) is 0. The summed E-state index contributed by atoms with van der Waals surface area (Å²) in [5, 5.41) is 0. The quantitative estimate of drug-likeness (QED) is 0.594. The number of benzene rings is 3. The zero-order valence-electron chi connectivity index (χ0n) is 13.0. The van der Waals surface area contributed by atoms with Crippen molar-refractivity contribution in [3.8, 4) is 11.8 Å². The topological polar surface area (TPSA) is 17.1 Å². The fourth-order valence-electron chi connectivity index (χ4n) is 2.96. The molecule has 1 aliphatic rings. The molecule has 0 amide bonds. The molecule has 0 aliphatic heterocycles. The van der Waals surface area contributed by atoms with Crippen LogP contribution in [0.1, 0.15) is 27.0 Å². The minimum Gasteiger partial charge on any atom is -0.288 e. The van der Waals surface area contributed by atoms with Gasteiger partial charge in [0.15, 0.2) is 0 Å². The van der Waals surface area contributed by atoms with Crippen molar-refractivity contribution in [2.45, 2.75) is 0 Å². The first-order chi connectivity index (χ1) is 11.8. The molecule has 0 bridgehead atoms. The summed E-state index contributed by atoms with van der Waals surface area (Å²) in [6.07, 6.45) is 0. The second-order valence-corrected chi connectivity index (χ2v) is 5.61. The van der Waals surface area contributed by atoms with Crippen LogP contribution in [-0.4, -0.2) is 5.78 Å². The van der Waals surface area contributed by atoms with Gasteiger partial charge in [0.1, 0.15) is 0 Å². The Labute approximate surface area is 141 Å². The molecule has 0 fully saturated rings. The Morgan fingerprint density at radius 2 is 1.17 bits per heavy atom. The summed E-state index contributed by atoms with van der Waals surface area (Å²) in [7, 11) is 0. The molecular weight excluding hydrogens is 292 g/mol. The Bertz CT molecular complexity index is 1000. The molecule has 3 aromatic rings. The van der Waals surface area contributed by atoms with Crippen LogP contribution in [0.4, 0.5) is 0 Å². The van der Waals surface area contributed by atoms with Crippen molar-refractivity contribution >= 4 is 11.4 Å². The monoisotopic (exact) mass is 306 g/mol. The SMILES string of the molecule is O=C1C(C#Cc2ccccc2)=C(c2ccccc2)c2ccccc21. The average Bonchev–Trinajstić information content (AvgIpc) is 2.94. The van der Waals surface area contributed by atoms with Crippen LogP contribution in [0, 0.1) is 11.8 Å². The maximum absolute atomic E-state index is 12.8. The third kappa shape index (κ3) is 2.45. The third-order valence-electron chi connectivity index (χ3n) is 4.09. The number of rotatable bonds is 1. The van der Waals surface area contributed by atoms with E-state index in [1.54, 1.807) is 0 Å². The predicted octanol–water partition coefficient (Wildman–Crippen LogP) is 4.74. The van der Waals surface area contributed by atoms with Crippen LogP contribution in [0.2, 0.25) is 0 Å². The molecular formula is C23H14O. The van der Waals surface area contributed by atoms with E-state index in [4.69, 9.17) is 0 Å². The first-order valence-corrected chi connectivity index (χ1v) is 7.85. The van der Waals surface area contributed by atoms with Gasteiger partial charge in [-0.25, -0.2) is 0 Å². The van der Waals surface area contributed by atoms with Gasteiger partial charge in [-0.3, -0.25) is 4.79 Å². The summed E-state index contributed by atoms with van der Waals surface area (Å²) >= 11 is 0. The number of hydrogen-bond donors (Lipinski definition) is 0. The number of hydrogen-bond acceptors (Lipinski definition) is 1. The molecule has 0 radical (unpaired) electrons. The van der Waals surface area contributed by atoms with Gasteiger partial charge in [-0.15, -0.1) is 0 Å². The molecule has 1 aliphatic carbocycles. The largest absolute Gasteiger partial charge is 0.288 e. The van der Waals surface area contributed by atoms with Crippen LogP contribution in [0.25, 0.3) is 5.57 Å². The minimum absolute atomic E-state index is 0.00730. The van der Waals surface area contributed by atoms with Crippen LogP contribution in [0.3, 0.4) is 0 Å². The average molecular weight is 306 g/mol. The third-order valence-corrected chi connectivity index (χ3v) is 4.09. The molecule has 1 nitrogen and oxygen atoms in total. The molecule has 0 unspecified atom stereocenters. The first-order valence-electron chi connectivity index (χ1n) is 7.85. The van der Waals surface area contributed by atoms with E-state index in [0.29, 0.717) is 5.57 Å². The number of ketones is 1. The smallest absolute Gasteiger partial charge is 0.202 e. The highest BCUT2D eigenvalue weighted by atomic mass is 16.1. The van der Waals surface area contributed by atoms with Crippen molar-refractivity contribution in [2.75, 3.05) is 0 Å². The lowest BCUT2D eigenvalue weighted by Crippen LogP contribution is -1.96. The maximum Gasteiger partial charge on any atom is 0.202 e. The van der Waals surface area contributed by atoms with E-state index < -0.39 is 0 Å². The van der Waals surface area contributed by atoms with Gasteiger partial charge in [-0.2, -0.15) is 0 Å². The van der Waals surface area contributed by atoms with Gasteiger partial charge >= 0.3 is 0 Å². The van der Waals surface area contributed by atoms with Gasteiger partial charge in [0.05, 0.1) is 5.57 Å². The van der Waals surface area contributed by atoms with Crippen molar-refractivity contribution in [2.24, 2.45) is 0 Å². The molecule has 0 heterocycles. The second kappa shape index (κ2) is 6.02. The van der Waals surface area contributed by atoms with Gasteiger partial charge in [-0.05, 0) is 23.3 Å². The number of allylic oxidation sites excluding steroid dienone is 1. The lowest BCUT2D eigenvalue weighted by atomic mass is 9.97. The molecule has 0 aromatic heterocycles. The summed E-state index contributed by atoms with van der Waals surface area (Å²) in [5.74, 6) is 6.25. The normalized spacial score (nSPS) is 12.6. The summed E-state index contributed by atoms with van der Waals surface area (Å²) < 4.78 is 0. The van der Waals surface area contributed by atoms with Crippen molar-refractivity contribution in [3.63, 3.8) is 0 Å². The highest BCUT2D eigenvalue weighted by Gasteiger charge is 2.28. The van der Waals surface area contributed by atoms with E-state index in [-0.39, 0.29) is 5.78 Å². The van der Waals surface area contributed by atoms with Crippen LogP contribution >= 0.6 is 0 Å². The van der Waals surface area contributed by atoms with Crippen molar-refractivity contribution < 1.29 is 4.79 Å². The Morgan fingerprint density at radius 3 is 1.88 bits per heavy atom. The predicted molar refractivity (Wildman–Crippen MR) is 96.6 cm³/mol. The van der Waals surface area contributed by atoms with E-state index in [1.807, 2.05) is 84.9 Å². The van der Waals surface area contributed by atoms with E-state index >= 15 is 0 Å². The molecule has 112 valence electrons. The van der Waals surface area contributed by atoms with Crippen molar-refractivity contribution in [3.05, 3.63) is 113 Å². The Morgan fingerprint density at radius 1 is 0.583 bits per heavy atom. The van der Waals surface area contributed by atoms with Gasteiger partial charge in [-0.1, -0.05) is 84.6 Å². The lowest BCUT2D eigenvalue weighted by Gasteiger charge is -2.05. The highest BCUT2D eigenvalue weighted by molar-refractivity contribution is 6.25. The summed E-state index contributed by atoms with van der Waals surface area (Å²) in [4.78, 5) is 12.8. The molecule has 0 N–H and O–H groups in total. The summed E-state index contributed by atoms with van der Waals surface area (Å²) in [5.41, 5.74) is 5.12. The molecule has 0 atom stereocenters. The van der Waals surface area contributed by atoms with E-state index in [2.05, 4.69) is 11.8 Å². The van der Waals surface area contributed by atoms with E-state index in [0.717, 1.165) is 27.8 Å². The van der Waals surface area contributed by atoms with Gasteiger partial charge in [0.2, 0.25) is 5.78 Å². The molecule has 0 saturated carbocycles. The van der Waals surface area contributed by atoms with Crippen LogP contribution < -0.4 is 0 Å². The van der Waals surface area contributed by atoms with Crippen molar-refractivity contribution in [1.82, 2.24) is 0 Å². The molecule has 0 saturated heterocycles. The standard InChI is InChI=1S/C23H14O/c24-23-20-14-8-7-13-19(20)22(18-11-5-2-6-12-18)21(23)16-15-17-9-3-1-4-10-17/h1-14H. The molecule has 4 rings (SSSR count). The maximum atomic E-state index is 12.8. The molecule has 24 heavy (non-hydrogen) atoms. The second-order valence-electron chi connectivity index (χ2n) is 5.61. The number of Topliss-reactive ketones (excluding diaryl/α,β-unsaturated/α-hetero) is 1. The number of carbonyl (C=O) groups excluding carboxylic acids is 1. The number of carbonyl (C=O) groups is 1. The fourth-order valence-corrected chi connectivity index (χ4v) is 2.96. The van der Waals surface area contributed by atoms with E-state index in [9.17, 15) is 4.79 Å². The first kappa shape index (κ1) is 14.2. The molecule has 0 spiro atoms. The summed E-state index contributed by atoms with van der Waals surface area (Å²) in [6, 6.07) is 27.4. The minimum atomic E-state index is 0.00730. The lowest BCUT2D eigenvalue weighted by molar-refractivity contribution is 0.104. The molecule has 1 heteroatoms. The fraction of sp³-hybridized carbons (Fsp3) is 0. The van der Waals surface area contributed by atoms with Crippen molar-refractivity contribution in [1.29, 1.82) is 0 Å². The van der Waals surface area contributed by atoms with Gasteiger partial charge in [0, 0.05) is 16.7 Å². The van der Waals surface area contributed by atoms with Crippen LogP contribution in [0.15, 0.2) is 90.5 Å². The zero-order chi connectivity index (χ0) is 16.4. The zero-order valence-corrected chi connectivity index (χ0v) is 13.0. The van der Waals surface area contributed by atoms with Gasteiger partial charge < -0.3 is 0 Å². The Hall–Kier alpha value is -3.37.